The summed E-state index contributed by atoms with van der Waals surface area (Å²) in [5.41, 5.74) is 7.92. The standard InChI is InChI=1S/C13H16N4O/c1-9(10-4-3-5-11(14)8-10)16-13(18)12-6-7-15-17(12)2/h3-9H,14H2,1-2H3,(H,16,18). The Hall–Kier alpha value is -2.30. The first-order valence-corrected chi connectivity index (χ1v) is 5.72. The van der Waals surface area contributed by atoms with Crippen LogP contribution in [0.25, 0.3) is 0 Å². The van der Waals surface area contributed by atoms with Crippen molar-refractivity contribution in [1.82, 2.24) is 15.1 Å². The first-order valence-electron chi connectivity index (χ1n) is 5.72. The number of nitrogens with two attached hydrogens (primary N) is 1. The van der Waals surface area contributed by atoms with Crippen molar-refractivity contribution in [2.75, 3.05) is 5.73 Å². The van der Waals surface area contributed by atoms with Gasteiger partial charge in [-0.3, -0.25) is 9.48 Å². The SMILES string of the molecule is CC(NC(=O)c1ccnn1C)c1cccc(N)c1. The van der Waals surface area contributed by atoms with Gasteiger partial charge in [-0.15, -0.1) is 0 Å². The Morgan fingerprint density at radius 3 is 2.83 bits per heavy atom. The first-order chi connectivity index (χ1) is 8.58. The van der Waals surface area contributed by atoms with Crippen molar-refractivity contribution in [2.45, 2.75) is 13.0 Å². The lowest BCUT2D eigenvalue weighted by atomic mass is 10.1. The zero-order valence-electron chi connectivity index (χ0n) is 10.4. The fourth-order valence-electron chi connectivity index (χ4n) is 1.78. The van der Waals surface area contributed by atoms with E-state index in [9.17, 15) is 4.79 Å². The highest BCUT2D eigenvalue weighted by Crippen LogP contribution is 2.15. The number of hydrogen-bond acceptors (Lipinski definition) is 3. The van der Waals surface area contributed by atoms with Gasteiger partial charge < -0.3 is 11.1 Å². The molecule has 3 N–H and O–H groups in total. The molecular formula is C13H16N4O. The van der Waals surface area contributed by atoms with Crippen LogP contribution in [0.3, 0.4) is 0 Å². The minimum absolute atomic E-state index is 0.101. The van der Waals surface area contributed by atoms with Gasteiger partial charge in [0.15, 0.2) is 0 Å². The number of nitrogens with one attached hydrogen (secondary N) is 1. The molecule has 0 spiro atoms. The van der Waals surface area contributed by atoms with Gasteiger partial charge in [0, 0.05) is 18.9 Å². The summed E-state index contributed by atoms with van der Waals surface area (Å²) in [6.45, 7) is 1.92. The first kappa shape index (κ1) is 12.2. The Kier molecular flexibility index (Phi) is 3.32. The van der Waals surface area contributed by atoms with Gasteiger partial charge in [-0.25, -0.2) is 0 Å². The normalized spacial score (nSPS) is 12.1. The molecule has 5 nitrogen and oxygen atoms in total. The average Bonchev–Trinajstić information content (AvgIpc) is 2.75. The number of hydrogen-bond donors (Lipinski definition) is 2. The number of benzene rings is 1. The smallest absolute Gasteiger partial charge is 0.270 e. The molecule has 1 atom stereocenters. The van der Waals surface area contributed by atoms with Crippen LogP contribution < -0.4 is 11.1 Å². The van der Waals surface area contributed by atoms with Gasteiger partial charge in [0.1, 0.15) is 5.69 Å². The van der Waals surface area contributed by atoms with Gasteiger partial charge in [-0.2, -0.15) is 5.10 Å². The summed E-state index contributed by atoms with van der Waals surface area (Å²) in [5.74, 6) is -0.148. The Morgan fingerprint density at radius 2 is 2.22 bits per heavy atom. The van der Waals surface area contributed by atoms with Crippen molar-refractivity contribution in [3.8, 4) is 0 Å². The molecule has 2 aromatic rings. The molecule has 0 radical (unpaired) electrons. The predicted molar refractivity (Wildman–Crippen MR) is 69.9 cm³/mol. The minimum Gasteiger partial charge on any atom is -0.399 e. The molecule has 0 saturated heterocycles. The number of amides is 1. The Labute approximate surface area is 106 Å². The van der Waals surface area contributed by atoms with E-state index < -0.39 is 0 Å². The molecule has 0 fully saturated rings. The molecule has 0 saturated carbocycles. The lowest BCUT2D eigenvalue weighted by Gasteiger charge is -2.14. The highest BCUT2D eigenvalue weighted by atomic mass is 16.2. The topological polar surface area (TPSA) is 72.9 Å². The number of aromatic nitrogens is 2. The average molecular weight is 244 g/mol. The van der Waals surface area contributed by atoms with E-state index in [4.69, 9.17) is 5.73 Å². The highest BCUT2D eigenvalue weighted by Gasteiger charge is 2.13. The number of nitrogen functional groups attached to an aromatic ring is 1. The summed E-state index contributed by atoms with van der Waals surface area (Å²) in [4.78, 5) is 12.0. The van der Waals surface area contributed by atoms with Gasteiger partial charge in [0.25, 0.3) is 5.91 Å². The molecule has 1 unspecified atom stereocenters. The molecule has 1 heterocycles. The van der Waals surface area contributed by atoms with Gasteiger partial charge in [-0.1, -0.05) is 12.1 Å². The van der Waals surface area contributed by atoms with Gasteiger partial charge in [0.05, 0.1) is 6.04 Å². The second-order valence-corrected chi connectivity index (χ2v) is 4.21. The van der Waals surface area contributed by atoms with Crippen LogP contribution in [0.2, 0.25) is 0 Å². The van der Waals surface area contributed by atoms with Crippen LogP contribution in [0.4, 0.5) is 5.69 Å². The van der Waals surface area contributed by atoms with E-state index in [1.54, 1.807) is 24.0 Å². The summed E-state index contributed by atoms with van der Waals surface area (Å²) >= 11 is 0. The van der Waals surface area contributed by atoms with Crippen molar-refractivity contribution < 1.29 is 4.79 Å². The van der Waals surface area contributed by atoms with Gasteiger partial charge >= 0.3 is 0 Å². The summed E-state index contributed by atoms with van der Waals surface area (Å²) < 4.78 is 1.54. The van der Waals surface area contributed by atoms with Crippen molar-refractivity contribution in [2.24, 2.45) is 7.05 Å². The fraction of sp³-hybridized carbons (Fsp3) is 0.231. The molecule has 0 bridgehead atoms. The third-order valence-electron chi connectivity index (χ3n) is 2.81. The monoisotopic (exact) mass is 244 g/mol. The van der Waals surface area contributed by atoms with E-state index >= 15 is 0 Å². The van der Waals surface area contributed by atoms with E-state index in [-0.39, 0.29) is 11.9 Å². The number of carbonyl (C=O) groups is 1. The van der Waals surface area contributed by atoms with E-state index in [1.807, 2.05) is 31.2 Å². The summed E-state index contributed by atoms with van der Waals surface area (Å²) in [6.07, 6.45) is 1.60. The summed E-state index contributed by atoms with van der Waals surface area (Å²) in [5, 5.41) is 6.88. The van der Waals surface area contributed by atoms with Gasteiger partial charge in [0.2, 0.25) is 0 Å². The van der Waals surface area contributed by atoms with Crippen LogP contribution in [0.5, 0.6) is 0 Å². The molecule has 5 heteroatoms. The number of nitrogens with zero attached hydrogens (tertiary/aromatic N) is 2. The largest absolute Gasteiger partial charge is 0.399 e. The van der Waals surface area contributed by atoms with E-state index in [0.29, 0.717) is 11.4 Å². The van der Waals surface area contributed by atoms with E-state index in [2.05, 4.69) is 10.4 Å². The lowest BCUT2D eigenvalue weighted by Crippen LogP contribution is -2.28. The molecule has 94 valence electrons. The molecule has 0 aliphatic rings. The van der Waals surface area contributed by atoms with E-state index in [1.165, 1.54) is 0 Å². The number of anilines is 1. The van der Waals surface area contributed by atoms with Crippen LogP contribution in [0.1, 0.15) is 29.0 Å². The maximum atomic E-state index is 12.0. The number of aryl methyl sites for hydroxylation is 1. The molecule has 18 heavy (non-hydrogen) atoms. The van der Waals surface area contributed by atoms with Crippen molar-refractivity contribution in [1.29, 1.82) is 0 Å². The molecule has 0 aliphatic heterocycles. The van der Waals surface area contributed by atoms with Crippen LogP contribution in [0, 0.1) is 0 Å². The molecule has 1 amide bonds. The molecule has 1 aromatic carbocycles. The second kappa shape index (κ2) is 4.91. The Morgan fingerprint density at radius 1 is 1.44 bits per heavy atom. The maximum Gasteiger partial charge on any atom is 0.270 e. The van der Waals surface area contributed by atoms with Crippen molar-refractivity contribution in [3.05, 3.63) is 47.8 Å². The highest BCUT2D eigenvalue weighted by molar-refractivity contribution is 5.92. The van der Waals surface area contributed by atoms with Crippen LogP contribution in [0.15, 0.2) is 36.5 Å². The Balaban J connectivity index is 2.10. The predicted octanol–water partition coefficient (Wildman–Crippen LogP) is 1.49. The molecule has 0 aliphatic carbocycles. The molecule has 2 rings (SSSR count). The third-order valence-corrected chi connectivity index (χ3v) is 2.81. The quantitative estimate of drug-likeness (QED) is 0.803. The maximum absolute atomic E-state index is 12.0. The molecule has 1 aromatic heterocycles. The van der Waals surface area contributed by atoms with Crippen molar-refractivity contribution >= 4 is 11.6 Å². The second-order valence-electron chi connectivity index (χ2n) is 4.21. The number of carbonyl (C=O) groups excluding carboxylic acids is 1. The van der Waals surface area contributed by atoms with Crippen molar-refractivity contribution in [3.63, 3.8) is 0 Å². The zero-order chi connectivity index (χ0) is 13.1. The van der Waals surface area contributed by atoms with Crippen LogP contribution in [-0.2, 0) is 7.05 Å². The fourth-order valence-corrected chi connectivity index (χ4v) is 1.78. The lowest BCUT2D eigenvalue weighted by molar-refractivity contribution is 0.0930. The van der Waals surface area contributed by atoms with E-state index in [0.717, 1.165) is 5.56 Å². The minimum atomic E-state index is -0.148. The zero-order valence-corrected chi connectivity index (χ0v) is 10.4. The summed E-state index contributed by atoms with van der Waals surface area (Å²) in [6, 6.07) is 9.06. The molecular weight excluding hydrogens is 228 g/mol. The van der Waals surface area contributed by atoms with Crippen LogP contribution in [-0.4, -0.2) is 15.7 Å². The number of rotatable bonds is 3. The van der Waals surface area contributed by atoms with Crippen LogP contribution >= 0.6 is 0 Å². The Bertz CT molecular complexity index is 562. The van der Waals surface area contributed by atoms with Gasteiger partial charge in [-0.05, 0) is 30.7 Å². The summed E-state index contributed by atoms with van der Waals surface area (Å²) in [7, 11) is 1.74. The third kappa shape index (κ3) is 2.51.